The Labute approximate surface area is 218 Å². The van der Waals surface area contributed by atoms with Crippen LogP contribution in [0.5, 0.6) is 0 Å². The minimum atomic E-state index is 0.161. The Balaban J connectivity index is 1.12. The first-order chi connectivity index (χ1) is 18.1. The average molecular weight is 491 g/mol. The summed E-state index contributed by atoms with van der Waals surface area (Å²) in [5, 5.41) is 0. The molecule has 2 aromatic carbocycles. The number of benzene rings is 2. The highest BCUT2D eigenvalue weighted by atomic mass is 16.1. The number of piperazine rings is 1. The number of pyridine rings is 1. The molecule has 0 bridgehead atoms. The summed E-state index contributed by atoms with van der Waals surface area (Å²) in [6.45, 7) is 6.17. The Bertz CT molecular complexity index is 1410. The number of nitrogens with zero attached hydrogens (tertiary/aromatic N) is 5. The largest absolute Gasteiger partial charge is 0.304 e. The maximum absolute atomic E-state index is 13.1. The quantitative estimate of drug-likeness (QED) is 0.269. The van der Waals surface area contributed by atoms with Crippen molar-refractivity contribution in [1.29, 1.82) is 0 Å². The van der Waals surface area contributed by atoms with Crippen LogP contribution >= 0.6 is 0 Å². The third kappa shape index (κ3) is 5.36. The molecule has 1 saturated heterocycles. The van der Waals surface area contributed by atoms with Gasteiger partial charge in [-0.2, -0.15) is 0 Å². The van der Waals surface area contributed by atoms with Gasteiger partial charge in [0.15, 0.2) is 11.5 Å². The van der Waals surface area contributed by atoms with E-state index in [1.165, 1.54) is 16.7 Å². The van der Waals surface area contributed by atoms with E-state index in [-0.39, 0.29) is 5.78 Å². The average Bonchev–Trinajstić information content (AvgIpc) is 2.94. The molecule has 2 aromatic heterocycles. The standard InChI is InChI=1S/C31H32N5O/c1-34-13-15-35(16-14-34)21-23-4-7-25(8-5-23)30(37)18-24-6-9-27-22-36-12-10-29(26-3-2-11-32-20-26)33-31(36)19-28(27)17-24/h2-12,17,20H,13-16,18-19,21-22H2,1H3/q+1. The van der Waals surface area contributed by atoms with Gasteiger partial charge in [-0.15, -0.1) is 0 Å². The maximum Gasteiger partial charge on any atom is 0.303 e. The van der Waals surface area contributed by atoms with Crippen LogP contribution in [-0.2, 0) is 25.9 Å². The van der Waals surface area contributed by atoms with Crippen molar-refractivity contribution >= 4 is 5.78 Å². The number of fused-ring (bicyclic) bond motifs is 2. The van der Waals surface area contributed by atoms with Crippen LogP contribution in [0.2, 0.25) is 0 Å². The molecule has 0 unspecified atom stereocenters. The fourth-order valence-electron chi connectivity index (χ4n) is 5.26. The van der Waals surface area contributed by atoms with Crippen molar-refractivity contribution in [3.05, 3.63) is 113 Å². The Kier molecular flexibility index (Phi) is 6.60. The molecule has 2 aliphatic rings. The minimum absolute atomic E-state index is 0.161. The maximum atomic E-state index is 13.1. The van der Waals surface area contributed by atoms with Gasteiger partial charge in [0.05, 0.1) is 12.6 Å². The lowest BCUT2D eigenvalue weighted by atomic mass is 9.94. The molecule has 6 nitrogen and oxygen atoms in total. The van der Waals surface area contributed by atoms with Crippen LogP contribution in [0.4, 0.5) is 0 Å². The molecule has 0 saturated carbocycles. The summed E-state index contributed by atoms with van der Waals surface area (Å²) in [4.78, 5) is 27.1. The number of Topliss-reactive ketones (excluding diaryl/α,β-unsaturated/α-hetero) is 1. The predicted molar refractivity (Wildman–Crippen MR) is 143 cm³/mol. The molecule has 6 rings (SSSR count). The Morgan fingerprint density at radius 2 is 1.76 bits per heavy atom. The summed E-state index contributed by atoms with van der Waals surface area (Å²) in [6, 6.07) is 20.7. The lowest BCUT2D eigenvalue weighted by Crippen LogP contribution is -2.43. The molecule has 0 amide bonds. The molecule has 6 heteroatoms. The van der Waals surface area contributed by atoms with Crippen molar-refractivity contribution < 1.29 is 9.36 Å². The molecule has 2 aliphatic heterocycles. The molecule has 0 aliphatic carbocycles. The molecule has 1 fully saturated rings. The van der Waals surface area contributed by atoms with Gasteiger partial charge in [0.25, 0.3) is 0 Å². The monoisotopic (exact) mass is 490 g/mol. The zero-order chi connectivity index (χ0) is 25.2. The summed E-state index contributed by atoms with van der Waals surface area (Å²) < 4.78 is 2.21. The number of likely N-dealkylation sites (N-methyl/N-ethyl adjacent to an activating group) is 1. The first-order valence-electron chi connectivity index (χ1n) is 13.0. The van der Waals surface area contributed by atoms with E-state index in [0.717, 1.165) is 73.9 Å². The number of carbonyl (C=O) groups excluding carboxylic acids is 1. The minimum Gasteiger partial charge on any atom is -0.304 e. The van der Waals surface area contributed by atoms with Crippen LogP contribution in [0, 0.1) is 0 Å². The van der Waals surface area contributed by atoms with Gasteiger partial charge in [0, 0.05) is 68.7 Å². The Hall–Kier alpha value is -3.74. The SMILES string of the molecule is CN1CCN(Cc2ccc(C(=O)Cc3ccc4c(c3)Cc3nc(-c5cccnc5)cc[n+]3C4)cc2)CC1. The zero-order valence-corrected chi connectivity index (χ0v) is 21.3. The molecule has 0 spiro atoms. The fraction of sp³-hybridized carbons (Fsp3) is 0.290. The van der Waals surface area contributed by atoms with E-state index in [4.69, 9.17) is 4.98 Å². The van der Waals surface area contributed by atoms with E-state index in [2.05, 4.69) is 69.0 Å². The van der Waals surface area contributed by atoms with Crippen molar-refractivity contribution in [2.24, 2.45) is 0 Å². The van der Waals surface area contributed by atoms with Gasteiger partial charge < -0.3 is 4.90 Å². The fourth-order valence-corrected chi connectivity index (χ4v) is 5.26. The second kappa shape index (κ2) is 10.3. The topological polar surface area (TPSA) is 53.2 Å². The summed E-state index contributed by atoms with van der Waals surface area (Å²) in [6.07, 6.45) is 6.90. The second-order valence-electron chi connectivity index (χ2n) is 10.3. The smallest absolute Gasteiger partial charge is 0.303 e. The number of rotatable bonds is 6. The molecular weight excluding hydrogens is 458 g/mol. The van der Waals surface area contributed by atoms with Crippen molar-refractivity contribution in [3.8, 4) is 11.3 Å². The predicted octanol–water partition coefficient (Wildman–Crippen LogP) is 3.56. The number of ketones is 1. The first kappa shape index (κ1) is 23.6. The van der Waals surface area contributed by atoms with Gasteiger partial charge in [-0.3, -0.25) is 14.7 Å². The summed E-state index contributed by atoms with van der Waals surface area (Å²) in [7, 11) is 2.18. The third-order valence-electron chi connectivity index (χ3n) is 7.55. The van der Waals surface area contributed by atoms with Gasteiger partial charge in [-0.25, -0.2) is 4.57 Å². The van der Waals surface area contributed by atoms with Gasteiger partial charge in [0.2, 0.25) is 0 Å². The highest BCUT2D eigenvalue weighted by molar-refractivity contribution is 5.97. The van der Waals surface area contributed by atoms with E-state index < -0.39 is 0 Å². The number of hydrogen-bond donors (Lipinski definition) is 0. The van der Waals surface area contributed by atoms with Crippen LogP contribution in [0.25, 0.3) is 11.3 Å². The van der Waals surface area contributed by atoms with Crippen molar-refractivity contribution in [2.45, 2.75) is 25.9 Å². The van der Waals surface area contributed by atoms with E-state index in [0.29, 0.717) is 6.42 Å². The number of hydrogen-bond acceptors (Lipinski definition) is 5. The Morgan fingerprint density at radius 1 is 0.946 bits per heavy atom. The van der Waals surface area contributed by atoms with Crippen LogP contribution in [-0.4, -0.2) is 58.8 Å². The molecule has 186 valence electrons. The number of carbonyl (C=O) groups is 1. The van der Waals surface area contributed by atoms with Crippen molar-refractivity contribution in [1.82, 2.24) is 19.8 Å². The van der Waals surface area contributed by atoms with Gasteiger partial charge >= 0.3 is 5.82 Å². The lowest BCUT2D eigenvalue weighted by Gasteiger charge is -2.32. The molecule has 0 N–H and O–H groups in total. The van der Waals surface area contributed by atoms with E-state index in [1.807, 2.05) is 30.5 Å². The summed E-state index contributed by atoms with van der Waals surface area (Å²) in [5.74, 6) is 1.20. The van der Waals surface area contributed by atoms with Crippen LogP contribution < -0.4 is 4.57 Å². The van der Waals surface area contributed by atoms with E-state index in [9.17, 15) is 4.79 Å². The van der Waals surface area contributed by atoms with E-state index >= 15 is 0 Å². The molecule has 37 heavy (non-hydrogen) atoms. The molecule has 4 heterocycles. The van der Waals surface area contributed by atoms with Gasteiger partial charge in [-0.05, 0) is 46.4 Å². The lowest BCUT2D eigenvalue weighted by molar-refractivity contribution is -0.700. The van der Waals surface area contributed by atoms with Crippen molar-refractivity contribution in [3.63, 3.8) is 0 Å². The first-order valence-corrected chi connectivity index (χ1v) is 13.0. The Morgan fingerprint density at radius 3 is 2.54 bits per heavy atom. The van der Waals surface area contributed by atoms with Crippen LogP contribution in [0.15, 0.2) is 79.3 Å². The van der Waals surface area contributed by atoms with Crippen LogP contribution in [0.1, 0.15) is 38.4 Å². The zero-order valence-electron chi connectivity index (χ0n) is 21.3. The van der Waals surface area contributed by atoms with Gasteiger partial charge in [0.1, 0.15) is 6.54 Å². The molecular formula is C31H32N5O+. The summed E-state index contributed by atoms with van der Waals surface area (Å²) in [5.41, 5.74) is 7.60. The normalized spacial score (nSPS) is 15.7. The van der Waals surface area contributed by atoms with Crippen LogP contribution in [0.3, 0.4) is 0 Å². The number of aromatic nitrogens is 3. The van der Waals surface area contributed by atoms with Crippen molar-refractivity contribution in [2.75, 3.05) is 33.2 Å². The summed E-state index contributed by atoms with van der Waals surface area (Å²) >= 11 is 0. The molecule has 0 radical (unpaired) electrons. The molecule has 4 aromatic rings. The molecule has 0 atom stereocenters. The van der Waals surface area contributed by atoms with E-state index in [1.54, 1.807) is 6.20 Å². The highest BCUT2D eigenvalue weighted by Gasteiger charge is 2.24. The third-order valence-corrected chi connectivity index (χ3v) is 7.55. The highest BCUT2D eigenvalue weighted by Crippen LogP contribution is 2.22. The second-order valence-corrected chi connectivity index (χ2v) is 10.3. The van der Waals surface area contributed by atoms with Gasteiger partial charge in [-0.1, -0.05) is 42.5 Å².